The number of piperazine rings is 1. The summed E-state index contributed by atoms with van der Waals surface area (Å²) in [5, 5.41) is 0.210. The van der Waals surface area contributed by atoms with Gasteiger partial charge in [0.05, 0.1) is 16.1 Å². The summed E-state index contributed by atoms with van der Waals surface area (Å²) in [6.45, 7) is 2.80. The third kappa shape index (κ3) is 4.76. The number of halogens is 2. The first kappa shape index (κ1) is 22.6. The Morgan fingerprint density at radius 2 is 1.55 bits per heavy atom. The average molecular weight is 482 g/mol. The van der Waals surface area contributed by atoms with Crippen molar-refractivity contribution in [3.8, 4) is 0 Å². The van der Waals surface area contributed by atoms with E-state index in [1.165, 1.54) is 22.0 Å². The Morgan fingerprint density at radius 3 is 2.19 bits per heavy atom. The van der Waals surface area contributed by atoms with Crippen molar-refractivity contribution >= 4 is 39.1 Å². The lowest BCUT2D eigenvalue weighted by atomic mass is 10.1. The van der Waals surface area contributed by atoms with Crippen LogP contribution < -0.4 is 0 Å². The highest BCUT2D eigenvalue weighted by Crippen LogP contribution is 2.32. The minimum Gasteiger partial charge on any atom is -0.339 e. The lowest BCUT2D eigenvalue weighted by Gasteiger charge is -2.37. The van der Waals surface area contributed by atoms with Crippen molar-refractivity contribution in [3.05, 3.63) is 64.1 Å². The number of hydrogen-bond acceptors (Lipinski definition) is 4. The second-order valence-electron chi connectivity index (χ2n) is 7.89. The first-order valence-electron chi connectivity index (χ1n) is 10.4. The van der Waals surface area contributed by atoms with Crippen LogP contribution in [0.4, 0.5) is 0 Å². The summed E-state index contributed by atoms with van der Waals surface area (Å²) in [5.41, 5.74) is 1.19. The van der Waals surface area contributed by atoms with E-state index in [-0.39, 0.29) is 40.0 Å². The van der Waals surface area contributed by atoms with Crippen molar-refractivity contribution in [2.24, 2.45) is 0 Å². The molecule has 0 saturated carbocycles. The molecule has 1 atom stereocenters. The predicted molar refractivity (Wildman–Crippen MR) is 122 cm³/mol. The first-order valence-corrected chi connectivity index (χ1v) is 12.6. The number of nitrogens with zero attached hydrogens (tertiary/aromatic N) is 3. The minimum atomic E-state index is -3.82. The van der Waals surface area contributed by atoms with E-state index in [4.69, 9.17) is 23.2 Å². The summed E-state index contributed by atoms with van der Waals surface area (Å²) in [4.78, 5) is 17.2. The number of carbonyl (C=O) groups excluding carboxylic acids is 1. The Hall–Kier alpha value is -1.64. The highest BCUT2D eigenvalue weighted by molar-refractivity contribution is 7.89. The molecule has 0 spiro atoms. The summed E-state index contributed by atoms with van der Waals surface area (Å²) >= 11 is 12.2. The van der Waals surface area contributed by atoms with Gasteiger partial charge in [-0.1, -0.05) is 59.6 Å². The molecule has 6 nitrogen and oxygen atoms in total. The molecule has 0 N–H and O–H groups in total. The second-order valence-corrected chi connectivity index (χ2v) is 10.6. The molecular formula is C22H25Cl2N3O3S. The van der Waals surface area contributed by atoms with Crippen LogP contribution in [0.5, 0.6) is 0 Å². The van der Waals surface area contributed by atoms with Gasteiger partial charge in [0.25, 0.3) is 0 Å². The molecule has 2 heterocycles. The van der Waals surface area contributed by atoms with Crippen molar-refractivity contribution in [1.82, 2.24) is 14.1 Å². The largest absolute Gasteiger partial charge is 0.339 e. The van der Waals surface area contributed by atoms with Gasteiger partial charge in [0, 0.05) is 32.7 Å². The van der Waals surface area contributed by atoms with Crippen LogP contribution in [0.1, 0.15) is 18.4 Å². The van der Waals surface area contributed by atoms with Crippen LogP contribution >= 0.6 is 23.2 Å². The quantitative estimate of drug-likeness (QED) is 0.655. The summed E-state index contributed by atoms with van der Waals surface area (Å²) in [5.74, 6) is 0.0845. The third-order valence-corrected chi connectivity index (χ3v) is 8.80. The fourth-order valence-corrected chi connectivity index (χ4v) is 6.84. The maximum atomic E-state index is 13.2. The van der Waals surface area contributed by atoms with E-state index in [2.05, 4.69) is 17.0 Å². The van der Waals surface area contributed by atoms with Crippen LogP contribution in [0, 0.1) is 0 Å². The van der Waals surface area contributed by atoms with Crippen LogP contribution in [0.15, 0.2) is 53.4 Å². The van der Waals surface area contributed by atoms with Crippen molar-refractivity contribution in [2.45, 2.75) is 30.3 Å². The van der Waals surface area contributed by atoms with E-state index in [0.29, 0.717) is 13.1 Å². The molecular weight excluding hydrogens is 457 g/mol. The molecule has 9 heteroatoms. The van der Waals surface area contributed by atoms with Crippen molar-refractivity contribution < 1.29 is 13.2 Å². The molecule has 0 unspecified atom stereocenters. The van der Waals surface area contributed by atoms with Crippen LogP contribution in [0.2, 0.25) is 10.0 Å². The molecule has 2 fully saturated rings. The van der Waals surface area contributed by atoms with E-state index in [1.54, 1.807) is 11.0 Å². The van der Waals surface area contributed by atoms with Gasteiger partial charge in [-0.3, -0.25) is 9.69 Å². The van der Waals surface area contributed by atoms with Crippen LogP contribution in [-0.2, 0) is 21.4 Å². The Labute approximate surface area is 193 Å². The molecule has 2 aromatic rings. The molecule has 1 amide bonds. The molecule has 166 valence electrons. The fourth-order valence-electron chi connectivity index (χ4n) is 4.33. The third-order valence-electron chi connectivity index (χ3n) is 5.94. The van der Waals surface area contributed by atoms with Gasteiger partial charge in [-0.25, -0.2) is 8.42 Å². The summed E-state index contributed by atoms with van der Waals surface area (Å²) in [6, 6.07) is 14.6. The zero-order chi connectivity index (χ0) is 22.0. The van der Waals surface area contributed by atoms with Gasteiger partial charge < -0.3 is 4.90 Å². The lowest BCUT2D eigenvalue weighted by molar-refractivity contribution is -0.137. The molecule has 0 aromatic heterocycles. The van der Waals surface area contributed by atoms with E-state index >= 15 is 0 Å². The molecule has 31 heavy (non-hydrogen) atoms. The topological polar surface area (TPSA) is 60.9 Å². The Kier molecular flexibility index (Phi) is 6.89. The first-order chi connectivity index (χ1) is 14.9. The fraction of sp³-hybridized carbons (Fsp3) is 0.409. The van der Waals surface area contributed by atoms with E-state index < -0.39 is 10.0 Å². The number of hydrogen-bond donors (Lipinski definition) is 0. The van der Waals surface area contributed by atoms with Crippen molar-refractivity contribution in [3.63, 3.8) is 0 Å². The summed E-state index contributed by atoms with van der Waals surface area (Å²) in [7, 11) is -3.82. The van der Waals surface area contributed by atoms with E-state index in [0.717, 1.165) is 25.9 Å². The smallest absolute Gasteiger partial charge is 0.246 e. The van der Waals surface area contributed by atoms with Crippen LogP contribution in [-0.4, -0.2) is 67.2 Å². The summed E-state index contributed by atoms with van der Waals surface area (Å²) < 4.78 is 27.5. The monoisotopic (exact) mass is 481 g/mol. The molecule has 2 aromatic carbocycles. The summed E-state index contributed by atoms with van der Waals surface area (Å²) in [6.07, 6.45) is 1.82. The number of rotatable bonds is 5. The minimum absolute atomic E-state index is 0.0667. The Balaban J connectivity index is 1.41. The average Bonchev–Trinajstić information content (AvgIpc) is 3.22. The highest BCUT2D eigenvalue weighted by atomic mass is 35.5. The molecule has 2 aliphatic heterocycles. The Morgan fingerprint density at radius 1 is 0.903 bits per heavy atom. The molecule has 4 rings (SSSR count). The van der Waals surface area contributed by atoms with Crippen molar-refractivity contribution in [2.75, 3.05) is 32.7 Å². The van der Waals surface area contributed by atoms with Gasteiger partial charge in [0.15, 0.2) is 0 Å². The number of benzene rings is 2. The SMILES string of the molecule is O=C([C@H]1CCCN1Cc1ccccc1)N1CCN(S(=O)(=O)c2c(Cl)cccc2Cl)CC1. The second kappa shape index (κ2) is 9.46. The van der Waals surface area contributed by atoms with Crippen molar-refractivity contribution in [1.29, 1.82) is 0 Å². The molecule has 0 aliphatic carbocycles. The number of carbonyl (C=O) groups is 1. The van der Waals surface area contributed by atoms with Crippen LogP contribution in [0.3, 0.4) is 0 Å². The zero-order valence-corrected chi connectivity index (χ0v) is 19.4. The van der Waals surface area contributed by atoms with Gasteiger partial charge >= 0.3 is 0 Å². The van der Waals surface area contributed by atoms with Gasteiger partial charge in [0.1, 0.15) is 4.90 Å². The number of likely N-dealkylation sites (tertiary alicyclic amines) is 1. The maximum Gasteiger partial charge on any atom is 0.246 e. The van der Waals surface area contributed by atoms with Gasteiger partial charge in [-0.05, 0) is 37.1 Å². The molecule has 0 bridgehead atoms. The standard InChI is InChI=1S/C22H25Cl2N3O3S/c23-18-8-4-9-19(24)21(18)31(29,30)27-14-12-25(13-15-27)22(28)20-10-5-11-26(20)16-17-6-2-1-3-7-17/h1-4,6-9,20H,5,10-16H2/t20-/m1/s1. The molecule has 2 aliphatic rings. The van der Waals surface area contributed by atoms with Gasteiger partial charge in [-0.2, -0.15) is 4.31 Å². The molecule has 0 radical (unpaired) electrons. The number of sulfonamides is 1. The maximum absolute atomic E-state index is 13.2. The highest BCUT2D eigenvalue weighted by Gasteiger charge is 2.37. The van der Waals surface area contributed by atoms with E-state index in [1.807, 2.05) is 18.2 Å². The molecule has 2 saturated heterocycles. The predicted octanol–water partition coefficient (Wildman–Crippen LogP) is 3.49. The lowest BCUT2D eigenvalue weighted by Crippen LogP contribution is -2.54. The van der Waals surface area contributed by atoms with Crippen LogP contribution in [0.25, 0.3) is 0 Å². The number of amides is 1. The van der Waals surface area contributed by atoms with Gasteiger partial charge in [0.2, 0.25) is 15.9 Å². The van der Waals surface area contributed by atoms with E-state index in [9.17, 15) is 13.2 Å². The zero-order valence-electron chi connectivity index (χ0n) is 17.1. The normalized spacial score (nSPS) is 20.8. The van der Waals surface area contributed by atoms with Gasteiger partial charge in [-0.15, -0.1) is 0 Å². The Bertz CT molecular complexity index is 1020.